The maximum atomic E-state index is 14.3. The Morgan fingerprint density at radius 3 is 2.79 bits per heavy atom. The predicted molar refractivity (Wildman–Crippen MR) is 113 cm³/mol. The van der Waals surface area contributed by atoms with Crippen molar-refractivity contribution in [3.05, 3.63) is 62.3 Å². The lowest BCUT2D eigenvalue weighted by atomic mass is 10.0. The Balaban J connectivity index is 2.14. The van der Waals surface area contributed by atoms with Crippen molar-refractivity contribution < 1.29 is 13.6 Å². The Bertz CT molecular complexity index is 1170. The number of amides is 1. The highest BCUT2D eigenvalue weighted by atomic mass is 35.5. The van der Waals surface area contributed by atoms with Gasteiger partial charge in [-0.3, -0.25) is 9.59 Å². The molecular formula is C20H19ClFN3O3S. The number of primary amides is 1. The second kappa shape index (κ2) is 8.42. The van der Waals surface area contributed by atoms with Crippen molar-refractivity contribution >= 4 is 45.9 Å². The summed E-state index contributed by atoms with van der Waals surface area (Å²) < 4.78 is 20.3. The molecule has 0 spiro atoms. The SMILES string of the molecule is CCSc1oc2c(C(C)Nc3ccc(Cl)nc3C(N)=O)cc(F)cc2c(=O)c1C. The number of anilines is 1. The number of aromatic nitrogens is 1. The summed E-state index contributed by atoms with van der Waals surface area (Å²) in [4.78, 5) is 28.4. The Morgan fingerprint density at radius 2 is 2.14 bits per heavy atom. The Labute approximate surface area is 175 Å². The second-order valence-corrected chi connectivity index (χ2v) is 8.03. The van der Waals surface area contributed by atoms with Gasteiger partial charge in [0.15, 0.2) is 16.2 Å². The van der Waals surface area contributed by atoms with Gasteiger partial charge in [0.2, 0.25) is 0 Å². The Kier molecular flexibility index (Phi) is 6.14. The summed E-state index contributed by atoms with van der Waals surface area (Å²) in [5.74, 6) is -0.596. The van der Waals surface area contributed by atoms with E-state index in [0.29, 0.717) is 27.5 Å². The number of carbonyl (C=O) groups excluding carboxylic acids is 1. The van der Waals surface area contributed by atoms with Crippen LogP contribution in [-0.4, -0.2) is 16.6 Å². The molecule has 2 aromatic heterocycles. The van der Waals surface area contributed by atoms with Gasteiger partial charge in [-0.15, -0.1) is 0 Å². The highest BCUT2D eigenvalue weighted by Crippen LogP contribution is 2.32. The number of nitrogens with one attached hydrogen (secondary N) is 1. The zero-order valence-corrected chi connectivity index (χ0v) is 17.6. The number of nitrogens with zero attached hydrogens (tertiary/aromatic N) is 1. The van der Waals surface area contributed by atoms with Crippen molar-refractivity contribution in [3.63, 3.8) is 0 Å². The molecule has 1 amide bonds. The quantitative estimate of drug-likeness (QED) is 0.431. The van der Waals surface area contributed by atoms with E-state index in [2.05, 4.69) is 10.3 Å². The molecule has 3 rings (SSSR count). The smallest absolute Gasteiger partial charge is 0.269 e. The molecule has 0 bridgehead atoms. The van der Waals surface area contributed by atoms with Crippen LogP contribution in [0.5, 0.6) is 0 Å². The maximum Gasteiger partial charge on any atom is 0.269 e. The number of halogens is 2. The van der Waals surface area contributed by atoms with E-state index in [1.807, 2.05) is 6.92 Å². The zero-order chi connectivity index (χ0) is 21.3. The summed E-state index contributed by atoms with van der Waals surface area (Å²) in [6.45, 7) is 5.36. The molecule has 1 unspecified atom stereocenters. The van der Waals surface area contributed by atoms with E-state index in [4.69, 9.17) is 21.8 Å². The van der Waals surface area contributed by atoms with Gasteiger partial charge in [-0.2, -0.15) is 0 Å². The van der Waals surface area contributed by atoms with Crippen molar-refractivity contribution in [2.24, 2.45) is 5.73 Å². The predicted octanol–water partition coefficient (Wildman–Crippen LogP) is 4.67. The van der Waals surface area contributed by atoms with Crippen molar-refractivity contribution in [2.45, 2.75) is 31.9 Å². The number of pyridine rings is 1. The molecule has 1 atom stereocenters. The van der Waals surface area contributed by atoms with Gasteiger partial charge in [-0.05, 0) is 43.9 Å². The van der Waals surface area contributed by atoms with Gasteiger partial charge < -0.3 is 15.5 Å². The third kappa shape index (κ3) is 4.23. The number of carbonyl (C=O) groups is 1. The van der Waals surface area contributed by atoms with Crippen molar-refractivity contribution in [3.8, 4) is 0 Å². The van der Waals surface area contributed by atoms with Crippen molar-refractivity contribution in [1.29, 1.82) is 0 Å². The van der Waals surface area contributed by atoms with Gasteiger partial charge in [0.25, 0.3) is 5.91 Å². The van der Waals surface area contributed by atoms with Crippen molar-refractivity contribution in [1.82, 2.24) is 4.98 Å². The molecule has 9 heteroatoms. The molecule has 6 nitrogen and oxygen atoms in total. The fourth-order valence-electron chi connectivity index (χ4n) is 3.00. The van der Waals surface area contributed by atoms with Crippen LogP contribution in [0, 0.1) is 12.7 Å². The molecular weight excluding hydrogens is 417 g/mol. The first-order valence-corrected chi connectivity index (χ1v) is 10.2. The molecule has 1 aromatic carbocycles. The molecule has 3 aromatic rings. The van der Waals surface area contributed by atoms with Crippen LogP contribution in [0.4, 0.5) is 10.1 Å². The van der Waals surface area contributed by atoms with E-state index >= 15 is 0 Å². The third-order valence-corrected chi connectivity index (χ3v) is 5.53. The second-order valence-electron chi connectivity index (χ2n) is 6.41. The fourth-order valence-corrected chi connectivity index (χ4v) is 3.86. The molecule has 0 saturated heterocycles. The van der Waals surface area contributed by atoms with Gasteiger partial charge in [-0.25, -0.2) is 9.37 Å². The van der Waals surface area contributed by atoms with Gasteiger partial charge in [0.05, 0.1) is 17.1 Å². The Hall–Kier alpha value is -2.58. The van der Waals surface area contributed by atoms with Crippen LogP contribution in [0.3, 0.4) is 0 Å². The largest absolute Gasteiger partial charge is 0.449 e. The van der Waals surface area contributed by atoms with Crippen molar-refractivity contribution in [2.75, 3.05) is 11.1 Å². The summed E-state index contributed by atoms with van der Waals surface area (Å²) in [5.41, 5.74) is 6.57. The summed E-state index contributed by atoms with van der Waals surface area (Å²) in [7, 11) is 0. The first-order chi connectivity index (χ1) is 13.7. The molecule has 0 aliphatic heterocycles. The summed E-state index contributed by atoms with van der Waals surface area (Å²) in [6, 6.07) is 5.01. The van der Waals surface area contributed by atoms with E-state index in [-0.39, 0.29) is 21.7 Å². The number of hydrogen-bond acceptors (Lipinski definition) is 6. The lowest BCUT2D eigenvalue weighted by Crippen LogP contribution is -2.18. The number of thioether (sulfide) groups is 1. The van der Waals surface area contributed by atoms with Crippen LogP contribution in [0.2, 0.25) is 5.15 Å². The van der Waals surface area contributed by atoms with Gasteiger partial charge in [-0.1, -0.05) is 30.3 Å². The summed E-state index contributed by atoms with van der Waals surface area (Å²) in [5, 5.41) is 3.86. The molecule has 2 heterocycles. The summed E-state index contributed by atoms with van der Waals surface area (Å²) >= 11 is 7.25. The van der Waals surface area contributed by atoms with Crippen LogP contribution in [-0.2, 0) is 0 Å². The standard InChI is InChI=1S/C20H19ClFN3O3S/c1-4-29-20-9(2)17(26)13-8-11(22)7-12(18(13)28-20)10(3)24-14-5-6-15(21)25-16(14)19(23)27/h5-8,10,24H,4H2,1-3H3,(H2,23,27). The molecule has 3 N–H and O–H groups in total. The highest BCUT2D eigenvalue weighted by Gasteiger charge is 2.20. The van der Waals surface area contributed by atoms with E-state index in [9.17, 15) is 14.0 Å². The average molecular weight is 436 g/mol. The third-order valence-electron chi connectivity index (χ3n) is 4.38. The Morgan fingerprint density at radius 1 is 1.41 bits per heavy atom. The fraction of sp³-hybridized carbons (Fsp3) is 0.250. The van der Waals surface area contributed by atoms with Gasteiger partial charge in [0.1, 0.15) is 16.6 Å². The molecule has 0 saturated carbocycles. The lowest BCUT2D eigenvalue weighted by Gasteiger charge is -2.19. The normalized spacial score (nSPS) is 12.2. The molecule has 29 heavy (non-hydrogen) atoms. The lowest BCUT2D eigenvalue weighted by molar-refractivity contribution is 0.0996. The van der Waals surface area contributed by atoms with Crippen LogP contribution in [0.15, 0.2) is 38.6 Å². The van der Waals surface area contributed by atoms with E-state index < -0.39 is 17.8 Å². The summed E-state index contributed by atoms with van der Waals surface area (Å²) in [6.07, 6.45) is 0. The molecule has 0 aliphatic carbocycles. The first-order valence-electron chi connectivity index (χ1n) is 8.85. The van der Waals surface area contributed by atoms with E-state index in [1.165, 1.54) is 30.0 Å². The van der Waals surface area contributed by atoms with Crippen LogP contribution in [0.25, 0.3) is 11.0 Å². The minimum absolute atomic E-state index is 0.0374. The number of fused-ring (bicyclic) bond motifs is 1. The average Bonchev–Trinajstić information content (AvgIpc) is 2.67. The van der Waals surface area contributed by atoms with E-state index in [0.717, 1.165) is 5.75 Å². The topological polar surface area (TPSA) is 98.2 Å². The number of benzene rings is 1. The minimum Gasteiger partial charge on any atom is -0.449 e. The molecule has 0 fully saturated rings. The number of hydrogen-bond donors (Lipinski definition) is 2. The first kappa shape index (κ1) is 21.1. The number of nitrogens with two attached hydrogens (primary N) is 1. The zero-order valence-electron chi connectivity index (χ0n) is 16.0. The highest BCUT2D eigenvalue weighted by molar-refractivity contribution is 7.99. The van der Waals surface area contributed by atoms with Crippen LogP contribution >= 0.6 is 23.4 Å². The van der Waals surface area contributed by atoms with Gasteiger partial charge >= 0.3 is 0 Å². The number of rotatable bonds is 6. The van der Waals surface area contributed by atoms with Crippen LogP contribution < -0.4 is 16.5 Å². The van der Waals surface area contributed by atoms with E-state index in [1.54, 1.807) is 19.9 Å². The van der Waals surface area contributed by atoms with Crippen LogP contribution in [0.1, 0.15) is 41.5 Å². The monoisotopic (exact) mass is 435 g/mol. The molecule has 152 valence electrons. The molecule has 0 aliphatic rings. The minimum atomic E-state index is -0.755. The maximum absolute atomic E-state index is 14.3. The van der Waals surface area contributed by atoms with Gasteiger partial charge in [0, 0.05) is 11.1 Å². The molecule has 0 radical (unpaired) electrons.